The Morgan fingerprint density at radius 3 is 2.62 bits per heavy atom. The van der Waals surface area contributed by atoms with Gasteiger partial charge in [0.25, 0.3) is 5.91 Å². The quantitative estimate of drug-likeness (QED) is 0.466. The van der Waals surface area contributed by atoms with Crippen LogP contribution in [0.1, 0.15) is 6.92 Å². The number of amides is 4. The molecule has 0 saturated carbocycles. The molecule has 0 aromatic rings. The second-order valence-corrected chi connectivity index (χ2v) is 2.24. The fourth-order valence-electron chi connectivity index (χ4n) is 0.830. The third kappa shape index (κ3) is 1.51. The van der Waals surface area contributed by atoms with Gasteiger partial charge in [0.15, 0.2) is 0 Å². The van der Waals surface area contributed by atoms with Crippen LogP contribution in [0.25, 0.3) is 0 Å². The molecule has 0 unspecified atom stereocenters. The van der Waals surface area contributed by atoms with Crippen LogP contribution in [0.4, 0.5) is 9.59 Å². The highest BCUT2D eigenvalue weighted by atomic mass is 16.6. The van der Waals surface area contributed by atoms with E-state index in [-0.39, 0.29) is 12.3 Å². The summed E-state index contributed by atoms with van der Waals surface area (Å²) in [6.45, 7) is 4.99. The summed E-state index contributed by atoms with van der Waals surface area (Å²) >= 11 is 0. The smallest absolute Gasteiger partial charge is 0.422 e. The molecule has 1 heterocycles. The van der Waals surface area contributed by atoms with E-state index in [1.807, 2.05) is 5.32 Å². The van der Waals surface area contributed by atoms with Crippen LogP contribution in [0.15, 0.2) is 12.3 Å². The third-order valence-corrected chi connectivity index (χ3v) is 1.41. The summed E-state index contributed by atoms with van der Waals surface area (Å²) in [7, 11) is 0. The highest BCUT2D eigenvalue weighted by Crippen LogP contribution is 2.11. The maximum Gasteiger partial charge on any atom is 0.422 e. The van der Waals surface area contributed by atoms with E-state index in [1.165, 1.54) is 0 Å². The molecule has 70 valence electrons. The van der Waals surface area contributed by atoms with E-state index in [0.717, 1.165) is 0 Å². The molecular formula is C7H8N2O4. The van der Waals surface area contributed by atoms with Gasteiger partial charge in [0, 0.05) is 0 Å². The van der Waals surface area contributed by atoms with Gasteiger partial charge in [-0.1, -0.05) is 6.58 Å². The second-order valence-electron chi connectivity index (χ2n) is 2.24. The number of ether oxygens (including phenoxy) is 1. The minimum atomic E-state index is -0.893. The van der Waals surface area contributed by atoms with Gasteiger partial charge in [0.05, 0.1) is 6.61 Å². The van der Waals surface area contributed by atoms with Gasteiger partial charge in [-0.15, -0.1) is 0 Å². The van der Waals surface area contributed by atoms with Crippen LogP contribution in [-0.2, 0) is 9.53 Å². The molecule has 1 N–H and O–H groups in total. The third-order valence-electron chi connectivity index (χ3n) is 1.41. The fourth-order valence-corrected chi connectivity index (χ4v) is 0.830. The number of imide groups is 2. The molecule has 1 rings (SSSR count). The van der Waals surface area contributed by atoms with Gasteiger partial charge in [-0.05, 0) is 6.92 Å². The van der Waals surface area contributed by atoms with E-state index >= 15 is 0 Å². The van der Waals surface area contributed by atoms with Gasteiger partial charge in [-0.3, -0.25) is 10.1 Å². The zero-order chi connectivity index (χ0) is 10.0. The summed E-state index contributed by atoms with van der Waals surface area (Å²) in [5, 5.41) is 1.90. The Morgan fingerprint density at radius 1 is 1.62 bits per heavy atom. The Morgan fingerprint density at radius 2 is 2.23 bits per heavy atom. The van der Waals surface area contributed by atoms with Gasteiger partial charge >= 0.3 is 12.1 Å². The first-order chi connectivity index (χ1) is 6.07. The molecule has 0 aromatic heterocycles. The standard InChI is InChI=1S/C7H8N2O4/c1-3-13-7(12)9-4(2)5(10)8-6(9)11/h2-3H2,1H3,(H,8,10,11). The SMILES string of the molecule is C=C1C(=O)NC(=O)N1C(=O)OCC. The highest BCUT2D eigenvalue weighted by Gasteiger charge is 2.37. The van der Waals surface area contributed by atoms with E-state index in [0.29, 0.717) is 4.90 Å². The summed E-state index contributed by atoms with van der Waals surface area (Å²) in [4.78, 5) is 33.4. The average molecular weight is 184 g/mol. The predicted molar refractivity (Wildman–Crippen MR) is 41.5 cm³/mol. The number of hydrogen-bond acceptors (Lipinski definition) is 4. The van der Waals surface area contributed by atoms with Crippen LogP contribution in [0.5, 0.6) is 0 Å². The first kappa shape index (κ1) is 9.24. The monoisotopic (exact) mass is 184 g/mol. The molecule has 1 saturated heterocycles. The van der Waals surface area contributed by atoms with E-state index < -0.39 is 18.0 Å². The summed E-state index contributed by atoms with van der Waals surface area (Å²) in [5.74, 6) is -0.682. The van der Waals surface area contributed by atoms with Gasteiger partial charge in [-0.25, -0.2) is 9.59 Å². The molecule has 0 bridgehead atoms. The van der Waals surface area contributed by atoms with Crippen molar-refractivity contribution in [2.75, 3.05) is 6.61 Å². The Kier molecular flexibility index (Phi) is 2.32. The summed E-state index contributed by atoms with van der Waals surface area (Å²) in [6, 6.07) is -0.826. The summed E-state index contributed by atoms with van der Waals surface area (Å²) in [5.41, 5.74) is -0.219. The number of nitrogens with one attached hydrogen (secondary N) is 1. The molecule has 0 radical (unpaired) electrons. The van der Waals surface area contributed by atoms with Crippen molar-refractivity contribution >= 4 is 18.0 Å². The lowest BCUT2D eigenvalue weighted by Gasteiger charge is -2.10. The molecule has 0 atom stereocenters. The molecule has 6 heteroatoms. The lowest BCUT2D eigenvalue weighted by atomic mass is 10.5. The van der Waals surface area contributed by atoms with E-state index in [2.05, 4.69) is 11.3 Å². The molecule has 6 nitrogen and oxygen atoms in total. The normalized spacial score (nSPS) is 16.1. The van der Waals surface area contributed by atoms with Gasteiger partial charge in [0.2, 0.25) is 0 Å². The van der Waals surface area contributed by atoms with Crippen molar-refractivity contribution in [1.82, 2.24) is 10.2 Å². The molecule has 0 spiro atoms. The molecule has 1 aliphatic rings. The van der Waals surface area contributed by atoms with Gasteiger partial charge < -0.3 is 4.74 Å². The van der Waals surface area contributed by atoms with Crippen LogP contribution >= 0.6 is 0 Å². The molecule has 0 aromatic carbocycles. The highest BCUT2D eigenvalue weighted by molar-refractivity contribution is 6.16. The largest absolute Gasteiger partial charge is 0.449 e. The lowest BCUT2D eigenvalue weighted by molar-refractivity contribution is -0.116. The topological polar surface area (TPSA) is 75.7 Å². The van der Waals surface area contributed by atoms with Gasteiger partial charge in [0.1, 0.15) is 5.70 Å². The Labute approximate surface area is 74.1 Å². The van der Waals surface area contributed by atoms with Crippen LogP contribution < -0.4 is 5.32 Å². The minimum Gasteiger partial charge on any atom is -0.449 e. The molecular weight excluding hydrogens is 176 g/mol. The van der Waals surface area contributed by atoms with E-state index in [9.17, 15) is 14.4 Å². The summed E-state index contributed by atoms with van der Waals surface area (Å²) in [6.07, 6.45) is -0.893. The Balaban J connectivity index is 2.80. The maximum atomic E-state index is 11.0. The van der Waals surface area contributed by atoms with Crippen molar-refractivity contribution in [1.29, 1.82) is 0 Å². The molecule has 4 amide bonds. The zero-order valence-electron chi connectivity index (χ0n) is 6.99. The van der Waals surface area contributed by atoms with Crippen molar-refractivity contribution < 1.29 is 19.1 Å². The van der Waals surface area contributed by atoms with E-state index in [1.54, 1.807) is 6.92 Å². The maximum absolute atomic E-state index is 11.0. The Hall–Kier alpha value is -1.85. The lowest BCUT2D eigenvalue weighted by Crippen LogP contribution is -2.33. The molecule has 0 aliphatic carbocycles. The van der Waals surface area contributed by atoms with Crippen LogP contribution in [0.3, 0.4) is 0 Å². The van der Waals surface area contributed by atoms with Crippen LogP contribution in [-0.4, -0.2) is 29.5 Å². The van der Waals surface area contributed by atoms with Crippen molar-refractivity contribution in [2.45, 2.75) is 6.92 Å². The number of nitrogens with zero attached hydrogens (tertiary/aromatic N) is 1. The number of hydrogen-bond donors (Lipinski definition) is 1. The number of rotatable bonds is 1. The van der Waals surface area contributed by atoms with E-state index in [4.69, 9.17) is 0 Å². The molecule has 13 heavy (non-hydrogen) atoms. The van der Waals surface area contributed by atoms with Crippen molar-refractivity contribution in [3.8, 4) is 0 Å². The fraction of sp³-hybridized carbons (Fsp3) is 0.286. The predicted octanol–water partition coefficient (Wildman–Crippen LogP) is 0.208. The Bertz CT molecular complexity index is 297. The number of carbonyl (C=O) groups is 3. The number of carbonyl (C=O) groups excluding carboxylic acids is 3. The van der Waals surface area contributed by atoms with Crippen LogP contribution in [0.2, 0.25) is 0 Å². The molecule has 1 fully saturated rings. The second kappa shape index (κ2) is 3.26. The minimum absolute atomic E-state index is 0.129. The first-order valence-corrected chi connectivity index (χ1v) is 3.59. The van der Waals surface area contributed by atoms with Crippen molar-refractivity contribution in [3.63, 3.8) is 0 Å². The van der Waals surface area contributed by atoms with Gasteiger partial charge in [-0.2, -0.15) is 4.90 Å². The molecule has 1 aliphatic heterocycles. The first-order valence-electron chi connectivity index (χ1n) is 3.59. The number of urea groups is 1. The zero-order valence-corrected chi connectivity index (χ0v) is 6.99. The summed E-state index contributed by atoms with van der Waals surface area (Å²) < 4.78 is 4.53. The average Bonchev–Trinajstić information content (AvgIpc) is 2.27. The van der Waals surface area contributed by atoms with Crippen LogP contribution in [0, 0.1) is 0 Å². The van der Waals surface area contributed by atoms with Crippen molar-refractivity contribution in [2.24, 2.45) is 0 Å². The van der Waals surface area contributed by atoms with Crippen molar-refractivity contribution in [3.05, 3.63) is 12.3 Å².